The summed E-state index contributed by atoms with van der Waals surface area (Å²) in [4.78, 5) is 31.4. The Labute approximate surface area is 191 Å². The van der Waals surface area contributed by atoms with Crippen molar-refractivity contribution in [2.45, 2.75) is 83.2 Å². The van der Waals surface area contributed by atoms with Gasteiger partial charge >= 0.3 is 0 Å². The van der Waals surface area contributed by atoms with E-state index in [1.807, 2.05) is 13.8 Å². The topological polar surface area (TPSA) is 74.3 Å². The van der Waals surface area contributed by atoms with Gasteiger partial charge < -0.3 is 15.5 Å². The third kappa shape index (κ3) is 4.48. The highest BCUT2D eigenvalue weighted by molar-refractivity contribution is 6.29. The Hall–Kier alpha value is -2.57. The van der Waals surface area contributed by atoms with E-state index in [9.17, 15) is 9.59 Å². The number of benzene rings is 1. The molecule has 0 spiro atoms. The van der Waals surface area contributed by atoms with Crippen molar-refractivity contribution in [2.75, 3.05) is 11.9 Å². The highest BCUT2D eigenvalue weighted by atomic mass is 16.2. The molecule has 2 amide bonds. The highest BCUT2D eigenvalue weighted by Crippen LogP contribution is 2.29. The number of nitrogens with zero attached hydrogens (tertiary/aromatic N) is 2. The molecule has 1 aliphatic carbocycles. The first-order valence-electron chi connectivity index (χ1n) is 11.8. The van der Waals surface area contributed by atoms with Crippen molar-refractivity contribution in [3.05, 3.63) is 35.5 Å². The second-order valence-corrected chi connectivity index (χ2v) is 9.42. The Morgan fingerprint density at radius 1 is 1.19 bits per heavy atom. The van der Waals surface area contributed by atoms with Crippen LogP contribution >= 0.6 is 0 Å². The molecule has 1 saturated heterocycles. The third-order valence-electron chi connectivity index (χ3n) is 7.00. The molecule has 2 heterocycles. The van der Waals surface area contributed by atoms with E-state index in [4.69, 9.17) is 7.85 Å². The molecule has 1 unspecified atom stereocenters. The van der Waals surface area contributed by atoms with Crippen LogP contribution in [0.25, 0.3) is 10.9 Å². The zero-order valence-electron chi connectivity index (χ0n) is 19.4. The summed E-state index contributed by atoms with van der Waals surface area (Å²) in [7, 11) is 6.44. The van der Waals surface area contributed by atoms with Crippen LogP contribution in [0, 0.1) is 13.8 Å². The summed E-state index contributed by atoms with van der Waals surface area (Å²) in [5.74, 6) is -0.245. The molecule has 0 bridgehead atoms. The fraction of sp³-hybridized carbons (Fsp3) is 0.560. The molecule has 2 fully saturated rings. The van der Waals surface area contributed by atoms with Crippen LogP contribution in [0.3, 0.4) is 0 Å². The van der Waals surface area contributed by atoms with Gasteiger partial charge in [0.15, 0.2) is 0 Å². The second-order valence-electron chi connectivity index (χ2n) is 9.42. The normalized spacial score (nSPS) is 23.2. The van der Waals surface area contributed by atoms with E-state index in [2.05, 4.69) is 46.8 Å². The van der Waals surface area contributed by atoms with Crippen molar-refractivity contribution in [3.63, 3.8) is 0 Å². The minimum absolute atomic E-state index is 0.0208. The molecule has 6 nitrogen and oxygen atoms in total. The summed E-state index contributed by atoms with van der Waals surface area (Å²) in [5, 5.41) is 8.02. The number of aromatic nitrogens is 1. The number of hydrogen-bond acceptors (Lipinski definition) is 4. The van der Waals surface area contributed by atoms with Crippen LogP contribution in [-0.4, -0.2) is 53.6 Å². The Bertz CT molecular complexity index is 1020. The van der Waals surface area contributed by atoms with Gasteiger partial charge in [-0.3, -0.25) is 14.6 Å². The molecular weight excluding hydrogens is 399 g/mol. The molecule has 2 aliphatic rings. The standard InChI is InChI=1S/C25H33BN4O2/c1-4-25(26,30-13-5-6-23(30)31)24(32)29-19-10-8-18(9-11-19)28-22-15-17(3)27-21-12-7-16(2)14-20(21)22/h7,12,14-15,18-19H,4-6,8-11,13H2,1-3H3,(H,27,28)(H,29,32). The van der Waals surface area contributed by atoms with Crippen molar-refractivity contribution in [2.24, 2.45) is 0 Å². The molecule has 1 aliphatic heterocycles. The first kappa shape index (κ1) is 22.6. The van der Waals surface area contributed by atoms with Gasteiger partial charge in [0.1, 0.15) is 7.85 Å². The van der Waals surface area contributed by atoms with Gasteiger partial charge in [-0.2, -0.15) is 0 Å². The minimum Gasteiger partial charge on any atom is -0.382 e. The maximum atomic E-state index is 13.0. The summed E-state index contributed by atoms with van der Waals surface area (Å²) in [6.07, 6.45) is 5.36. The molecule has 32 heavy (non-hydrogen) atoms. The fourth-order valence-electron chi connectivity index (χ4n) is 5.05. The minimum atomic E-state index is -1.24. The molecule has 2 radical (unpaired) electrons. The number of fused-ring (bicyclic) bond motifs is 1. The predicted molar refractivity (Wildman–Crippen MR) is 129 cm³/mol. The third-order valence-corrected chi connectivity index (χ3v) is 7.00. The SMILES string of the molecule is [B]C(CC)(C(=O)NC1CCC(Nc2cc(C)nc3ccc(C)cc23)CC1)N1CCCC1=O. The maximum absolute atomic E-state index is 13.0. The lowest BCUT2D eigenvalue weighted by Crippen LogP contribution is -2.61. The Balaban J connectivity index is 1.38. The van der Waals surface area contributed by atoms with Crippen molar-refractivity contribution in [1.29, 1.82) is 0 Å². The number of nitrogens with one attached hydrogen (secondary N) is 2. The number of hydrogen-bond donors (Lipinski definition) is 2. The Morgan fingerprint density at radius 2 is 1.91 bits per heavy atom. The lowest BCUT2D eigenvalue weighted by molar-refractivity contribution is -0.140. The van der Waals surface area contributed by atoms with E-state index in [-0.39, 0.29) is 17.9 Å². The number of pyridine rings is 1. The molecule has 1 aromatic heterocycles. The molecule has 1 atom stereocenters. The van der Waals surface area contributed by atoms with Gasteiger partial charge in [0.2, 0.25) is 11.8 Å². The summed E-state index contributed by atoms with van der Waals surface area (Å²) < 4.78 is 0. The first-order valence-corrected chi connectivity index (χ1v) is 11.8. The van der Waals surface area contributed by atoms with Gasteiger partial charge in [-0.1, -0.05) is 18.6 Å². The van der Waals surface area contributed by atoms with Gasteiger partial charge in [-0.15, -0.1) is 0 Å². The molecule has 7 heteroatoms. The number of carbonyl (C=O) groups excluding carboxylic acids is 2. The zero-order valence-corrected chi connectivity index (χ0v) is 19.4. The second kappa shape index (κ2) is 9.12. The van der Waals surface area contributed by atoms with Crippen LogP contribution in [0.15, 0.2) is 24.3 Å². The van der Waals surface area contributed by atoms with Crippen molar-refractivity contribution < 1.29 is 9.59 Å². The van der Waals surface area contributed by atoms with Gasteiger partial charge in [0, 0.05) is 41.8 Å². The lowest BCUT2D eigenvalue weighted by Gasteiger charge is -2.39. The van der Waals surface area contributed by atoms with Crippen LogP contribution < -0.4 is 10.6 Å². The average Bonchev–Trinajstić information content (AvgIpc) is 3.21. The van der Waals surface area contributed by atoms with Gasteiger partial charge in [0.05, 0.1) is 11.0 Å². The van der Waals surface area contributed by atoms with E-state index in [1.54, 1.807) is 4.90 Å². The van der Waals surface area contributed by atoms with Gasteiger partial charge in [0.25, 0.3) is 0 Å². The summed E-state index contributed by atoms with van der Waals surface area (Å²) in [5.41, 5.74) is 3.11. The van der Waals surface area contributed by atoms with E-state index in [0.29, 0.717) is 25.4 Å². The average molecular weight is 432 g/mol. The van der Waals surface area contributed by atoms with Crippen LogP contribution in [0.4, 0.5) is 5.69 Å². The van der Waals surface area contributed by atoms with E-state index in [1.165, 1.54) is 5.56 Å². The van der Waals surface area contributed by atoms with E-state index >= 15 is 0 Å². The lowest BCUT2D eigenvalue weighted by atomic mass is 9.72. The molecule has 168 valence electrons. The number of anilines is 1. The number of rotatable bonds is 6. The molecule has 2 N–H and O–H groups in total. The highest BCUT2D eigenvalue weighted by Gasteiger charge is 2.42. The Kier molecular flexibility index (Phi) is 6.45. The first-order chi connectivity index (χ1) is 15.3. The van der Waals surface area contributed by atoms with Crippen LogP contribution in [0.1, 0.15) is 63.1 Å². The quantitative estimate of drug-likeness (QED) is 0.685. The van der Waals surface area contributed by atoms with Crippen molar-refractivity contribution in [3.8, 4) is 0 Å². The Morgan fingerprint density at radius 3 is 2.56 bits per heavy atom. The number of amides is 2. The largest absolute Gasteiger partial charge is 0.382 e. The van der Waals surface area contributed by atoms with Crippen LogP contribution in [0.5, 0.6) is 0 Å². The molecular formula is C25H33BN4O2. The summed E-state index contributed by atoms with van der Waals surface area (Å²) in [6.45, 7) is 6.55. The summed E-state index contributed by atoms with van der Waals surface area (Å²) >= 11 is 0. The number of aryl methyl sites for hydroxylation is 2. The maximum Gasteiger partial charge on any atom is 0.236 e. The molecule has 4 rings (SSSR count). The van der Waals surface area contributed by atoms with Gasteiger partial charge in [-0.25, -0.2) is 0 Å². The zero-order chi connectivity index (χ0) is 22.9. The molecule has 1 aromatic carbocycles. The van der Waals surface area contributed by atoms with Crippen molar-refractivity contribution >= 4 is 36.3 Å². The van der Waals surface area contributed by atoms with E-state index in [0.717, 1.165) is 54.4 Å². The summed E-state index contributed by atoms with van der Waals surface area (Å²) in [6, 6.07) is 8.91. The van der Waals surface area contributed by atoms with Crippen LogP contribution in [0.2, 0.25) is 0 Å². The fourth-order valence-corrected chi connectivity index (χ4v) is 5.05. The molecule has 1 saturated carbocycles. The smallest absolute Gasteiger partial charge is 0.236 e. The molecule has 2 aromatic rings. The van der Waals surface area contributed by atoms with E-state index < -0.39 is 5.44 Å². The van der Waals surface area contributed by atoms with Crippen molar-refractivity contribution in [1.82, 2.24) is 15.2 Å². The monoisotopic (exact) mass is 432 g/mol. The number of likely N-dealkylation sites (tertiary alicyclic amines) is 1. The number of carbonyl (C=O) groups is 2. The van der Waals surface area contributed by atoms with Crippen LogP contribution in [-0.2, 0) is 9.59 Å². The predicted octanol–water partition coefficient (Wildman–Crippen LogP) is 3.59. The van der Waals surface area contributed by atoms with Gasteiger partial charge in [-0.05, 0) is 70.6 Å².